The van der Waals surface area contributed by atoms with Crippen molar-refractivity contribution in [1.82, 2.24) is 20.4 Å². The van der Waals surface area contributed by atoms with Crippen LogP contribution in [-0.4, -0.2) is 26.3 Å². The zero-order valence-electron chi connectivity index (χ0n) is 7.53. The molecule has 0 aliphatic carbocycles. The summed E-state index contributed by atoms with van der Waals surface area (Å²) in [4.78, 5) is 11.6. The van der Waals surface area contributed by atoms with Gasteiger partial charge in [-0.25, -0.2) is 0 Å². The molecule has 0 spiro atoms. The lowest BCUT2D eigenvalue weighted by atomic mass is 10.2. The summed E-state index contributed by atoms with van der Waals surface area (Å²) in [7, 11) is 0. The van der Waals surface area contributed by atoms with Crippen LogP contribution in [0.3, 0.4) is 0 Å². The molecule has 72 valence electrons. The third-order valence-corrected chi connectivity index (χ3v) is 1.83. The Kier molecular flexibility index (Phi) is 2.02. The van der Waals surface area contributed by atoms with Crippen LogP contribution in [0.1, 0.15) is 16.1 Å². The number of nitrogens with one attached hydrogen (secondary N) is 3. The third-order valence-electron chi connectivity index (χ3n) is 1.83. The molecule has 0 radical (unpaired) electrons. The van der Waals surface area contributed by atoms with Gasteiger partial charge in [-0.15, -0.1) is 0 Å². The molecule has 0 saturated heterocycles. The Hall–Kier alpha value is -2.11. The van der Waals surface area contributed by atoms with E-state index in [0.29, 0.717) is 11.3 Å². The van der Waals surface area contributed by atoms with Crippen LogP contribution >= 0.6 is 0 Å². The van der Waals surface area contributed by atoms with E-state index in [4.69, 9.17) is 0 Å². The molecule has 0 aliphatic heterocycles. The van der Waals surface area contributed by atoms with E-state index in [0.717, 1.165) is 5.69 Å². The zero-order chi connectivity index (χ0) is 9.97. The molecule has 0 atom stereocenters. The van der Waals surface area contributed by atoms with Crippen molar-refractivity contribution < 1.29 is 4.79 Å². The molecule has 2 aromatic rings. The fraction of sp³-hybridized carbons (Fsp3) is 0.125. The maximum absolute atomic E-state index is 11.6. The minimum absolute atomic E-state index is 0.197. The third kappa shape index (κ3) is 1.49. The van der Waals surface area contributed by atoms with Gasteiger partial charge in [-0.1, -0.05) is 0 Å². The van der Waals surface area contributed by atoms with Gasteiger partial charge in [0.05, 0.1) is 23.6 Å². The van der Waals surface area contributed by atoms with E-state index < -0.39 is 0 Å². The summed E-state index contributed by atoms with van der Waals surface area (Å²) in [6.07, 6.45) is 4.63. The second-order valence-electron chi connectivity index (χ2n) is 2.85. The van der Waals surface area contributed by atoms with Crippen LogP contribution in [0.4, 0.5) is 5.69 Å². The summed E-state index contributed by atoms with van der Waals surface area (Å²) in [5.74, 6) is -0.197. The van der Waals surface area contributed by atoms with E-state index in [9.17, 15) is 4.79 Å². The average molecular weight is 191 g/mol. The van der Waals surface area contributed by atoms with Crippen LogP contribution in [0.15, 0.2) is 18.6 Å². The lowest BCUT2D eigenvalue weighted by Gasteiger charge is -1.99. The predicted molar refractivity (Wildman–Crippen MR) is 49.9 cm³/mol. The van der Waals surface area contributed by atoms with E-state index in [2.05, 4.69) is 25.7 Å². The van der Waals surface area contributed by atoms with Crippen molar-refractivity contribution in [1.29, 1.82) is 0 Å². The second-order valence-corrected chi connectivity index (χ2v) is 2.85. The van der Waals surface area contributed by atoms with E-state index in [1.54, 1.807) is 13.1 Å². The van der Waals surface area contributed by atoms with Gasteiger partial charge >= 0.3 is 0 Å². The number of rotatable bonds is 2. The molecule has 2 heterocycles. The molecule has 0 aliphatic rings. The molecule has 0 bridgehead atoms. The first-order chi connectivity index (χ1) is 6.77. The van der Waals surface area contributed by atoms with Crippen molar-refractivity contribution in [2.24, 2.45) is 0 Å². The number of carbonyl (C=O) groups excluding carboxylic acids is 1. The van der Waals surface area contributed by atoms with Crippen molar-refractivity contribution in [3.05, 3.63) is 29.8 Å². The minimum atomic E-state index is -0.197. The molecule has 14 heavy (non-hydrogen) atoms. The molecular weight excluding hydrogens is 182 g/mol. The number of aryl methyl sites for hydroxylation is 1. The smallest absolute Gasteiger partial charge is 0.259 e. The Morgan fingerprint density at radius 1 is 1.43 bits per heavy atom. The topological polar surface area (TPSA) is 86.5 Å². The Balaban J connectivity index is 2.14. The molecule has 2 aromatic heterocycles. The number of aromatic nitrogens is 4. The molecule has 0 unspecified atom stereocenters. The molecular formula is C8H9N5O. The molecule has 0 aromatic carbocycles. The fourth-order valence-corrected chi connectivity index (χ4v) is 1.10. The van der Waals surface area contributed by atoms with E-state index in [-0.39, 0.29) is 5.91 Å². The highest BCUT2D eigenvalue weighted by molar-refractivity contribution is 6.04. The second kappa shape index (κ2) is 3.33. The van der Waals surface area contributed by atoms with Crippen molar-refractivity contribution in [2.75, 3.05) is 5.32 Å². The first-order valence-corrected chi connectivity index (χ1v) is 4.07. The van der Waals surface area contributed by atoms with Gasteiger partial charge in [0.1, 0.15) is 0 Å². The van der Waals surface area contributed by atoms with Gasteiger partial charge in [0.15, 0.2) is 0 Å². The first-order valence-electron chi connectivity index (χ1n) is 4.07. The molecule has 2 rings (SSSR count). The van der Waals surface area contributed by atoms with Crippen LogP contribution in [-0.2, 0) is 0 Å². The molecule has 0 fully saturated rings. The van der Waals surface area contributed by atoms with Crippen LogP contribution in [0.5, 0.6) is 0 Å². The quantitative estimate of drug-likeness (QED) is 0.652. The van der Waals surface area contributed by atoms with Gasteiger partial charge in [0.25, 0.3) is 5.91 Å². The predicted octanol–water partition coefficient (Wildman–Crippen LogP) is 0.694. The summed E-state index contributed by atoms with van der Waals surface area (Å²) < 4.78 is 0. The number of hydrogen-bond acceptors (Lipinski definition) is 3. The van der Waals surface area contributed by atoms with Crippen molar-refractivity contribution in [2.45, 2.75) is 6.92 Å². The fourth-order valence-electron chi connectivity index (χ4n) is 1.10. The zero-order valence-corrected chi connectivity index (χ0v) is 7.53. The monoisotopic (exact) mass is 191 g/mol. The van der Waals surface area contributed by atoms with Crippen LogP contribution in [0.2, 0.25) is 0 Å². The highest BCUT2D eigenvalue weighted by Crippen LogP contribution is 2.07. The van der Waals surface area contributed by atoms with Crippen molar-refractivity contribution in [3.8, 4) is 0 Å². The van der Waals surface area contributed by atoms with Gasteiger partial charge in [-0.05, 0) is 6.92 Å². The molecule has 6 heteroatoms. The van der Waals surface area contributed by atoms with Gasteiger partial charge in [0.2, 0.25) is 0 Å². The van der Waals surface area contributed by atoms with Gasteiger partial charge in [-0.3, -0.25) is 15.0 Å². The van der Waals surface area contributed by atoms with Crippen LogP contribution in [0.25, 0.3) is 0 Å². The summed E-state index contributed by atoms with van der Waals surface area (Å²) >= 11 is 0. The normalized spacial score (nSPS) is 10.1. The summed E-state index contributed by atoms with van der Waals surface area (Å²) in [6.45, 7) is 1.79. The minimum Gasteiger partial charge on any atom is -0.319 e. The SMILES string of the molecule is Cc1[nH]ncc1C(=O)Nc1cn[nH]c1. The number of hydrogen-bond donors (Lipinski definition) is 3. The summed E-state index contributed by atoms with van der Waals surface area (Å²) in [5, 5.41) is 15.5. The number of anilines is 1. The Labute approximate surface area is 79.7 Å². The maximum Gasteiger partial charge on any atom is 0.259 e. The lowest BCUT2D eigenvalue weighted by molar-refractivity contribution is 0.102. The molecule has 0 saturated carbocycles. The highest BCUT2D eigenvalue weighted by Gasteiger charge is 2.10. The lowest BCUT2D eigenvalue weighted by Crippen LogP contribution is -2.11. The summed E-state index contributed by atoms with van der Waals surface area (Å²) in [5.41, 5.74) is 1.91. The summed E-state index contributed by atoms with van der Waals surface area (Å²) in [6, 6.07) is 0. The van der Waals surface area contributed by atoms with E-state index >= 15 is 0 Å². The Morgan fingerprint density at radius 3 is 2.86 bits per heavy atom. The first kappa shape index (κ1) is 8.49. The van der Waals surface area contributed by atoms with Crippen LogP contribution in [0, 0.1) is 6.92 Å². The largest absolute Gasteiger partial charge is 0.319 e. The number of amides is 1. The van der Waals surface area contributed by atoms with Gasteiger partial charge in [-0.2, -0.15) is 10.2 Å². The molecule has 3 N–H and O–H groups in total. The maximum atomic E-state index is 11.6. The molecule has 1 amide bonds. The van der Waals surface area contributed by atoms with Gasteiger partial charge < -0.3 is 5.32 Å². The Morgan fingerprint density at radius 2 is 2.29 bits per heavy atom. The average Bonchev–Trinajstić information content (AvgIpc) is 2.75. The molecule has 6 nitrogen and oxygen atoms in total. The number of H-pyrrole nitrogens is 2. The number of nitrogens with zero attached hydrogens (tertiary/aromatic N) is 2. The van der Waals surface area contributed by atoms with Crippen LogP contribution < -0.4 is 5.32 Å². The number of carbonyl (C=O) groups is 1. The highest BCUT2D eigenvalue weighted by atomic mass is 16.1. The van der Waals surface area contributed by atoms with Crippen molar-refractivity contribution >= 4 is 11.6 Å². The van der Waals surface area contributed by atoms with E-state index in [1.807, 2.05) is 0 Å². The standard InChI is InChI=1S/C8H9N5O/c1-5-7(4-11-13-5)8(14)12-6-2-9-10-3-6/h2-4H,1H3,(H,9,10)(H,11,13)(H,12,14). The van der Waals surface area contributed by atoms with Gasteiger partial charge in [0, 0.05) is 11.9 Å². The number of aromatic amines is 2. The van der Waals surface area contributed by atoms with E-state index in [1.165, 1.54) is 12.4 Å². The van der Waals surface area contributed by atoms with Crippen molar-refractivity contribution in [3.63, 3.8) is 0 Å². The Bertz CT molecular complexity index is 430.